The van der Waals surface area contributed by atoms with E-state index in [1.165, 1.54) is 0 Å². The van der Waals surface area contributed by atoms with Gasteiger partial charge in [-0.1, -0.05) is 36.4 Å². The van der Waals surface area contributed by atoms with Crippen LogP contribution in [0.2, 0.25) is 0 Å². The molecule has 0 fully saturated rings. The zero-order valence-electron chi connectivity index (χ0n) is 10.7. The number of nitrogens with zero attached hydrogens (tertiary/aromatic N) is 1. The van der Waals surface area contributed by atoms with Crippen molar-refractivity contribution in [3.8, 4) is 5.75 Å². The van der Waals surface area contributed by atoms with Crippen molar-refractivity contribution in [1.82, 2.24) is 0 Å². The summed E-state index contributed by atoms with van der Waals surface area (Å²) in [5.74, 6) is 0.782. The lowest BCUT2D eigenvalue weighted by Crippen LogP contribution is -2.37. The number of anilines is 1. The summed E-state index contributed by atoms with van der Waals surface area (Å²) in [7, 11) is 0. The fourth-order valence-corrected chi connectivity index (χ4v) is 2.28. The first-order valence-electron chi connectivity index (χ1n) is 6.37. The van der Waals surface area contributed by atoms with Crippen molar-refractivity contribution in [2.24, 2.45) is 0 Å². The van der Waals surface area contributed by atoms with Gasteiger partial charge in [0.05, 0.1) is 6.54 Å². The van der Waals surface area contributed by atoms with Crippen molar-refractivity contribution >= 4 is 11.6 Å². The second kappa shape index (κ2) is 4.76. The van der Waals surface area contributed by atoms with Crippen LogP contribution in [0.3, 0.4) is 0 Å². The van der Waals surface area contributed by atoms with E-state index in [2.05, 4.69) is 0 Å². The number of rotatable bonds is 1. The predicted molar refractivity (Wildman–Crippen MR) is 74.2 cm³/mol. The average molecular weight is 253 g/mol. The van der Waals surface area contributed by atoms with Crippen molar-refractivity contribution in [2.75, 3.05) is 4.90 Å². The monoisotopic (exact) mass is 253 g/mol. The molecule has 3 rings (SSSR count). The van der Waals surface area contributed by atoms with Crippen molar-refractivity contribution < 1.29 is 9.53 Å². The molecule has 19 heavy (non-hydrogen) atoms. The molecule has 2 aromatic rings. The van der Waals surface area contributed by atoms with Crippen molar-refractivity contribution in [3.63, 3.8) is 0 Å². The Bertz CT molecular complexity index is 595. The zero-order valence-corrected chi connectivity index (χ0v) is 10.7. The topological polar surface area (TPSA) is 29.5 Å². The lowest BCUT2D eigenvalue weighted by Gasteiger charge is -2.22. The van der Waals surface area contributed by atoms with Gasteiger partial charge in [0.2, 0.25) is 0 Å². The van der Waals surface area contributed by atoms with E-state index in [9.17, 15) is 4.79 Å². The number of fused-ring (bicyclic) bond motifs is 1. The molecule has 0 spiro atoms. The van der Waals surface area contributed by atoms with Gasteiger partial charge in [-0.25, -0.2) is 0 Å². The van der Waals surface area contributed by atoms with Crippen LogP contribution in [0.1, 0.15) is 12.5 Å². The highest BCUT2D eigenvalue weighted by Crippen LogP contribution is 2.28. The number of para-hydroxylation sites is 2. The van der Waals surface area contributed by atoms with Gasteiger partial charge in [0.1, 0.15) is 5.75 Å². The van der Waals surface area contributed by atoms with E-state index >= 15 is 0 Å². The van der Waals surface area contributed by atoms with Gasteiger partial charge in [-0.3, -0.25) is 4.79 Å². The molecule has 1 aliphatic heterocycles. The number of hydrogen-bond donors (Lipinski definition) is 0. The maximum absolute atomic E-state index is 12.4. The molecule has 0 aromatic heterocycles. The molecule has 0 aliphatic carbocycles. The standard InChI is InChI=1S/C16H15NO2/c1-12-16(18)17(14-8-3-2-4-9-14)11-13-7-5-6-10-15(13)19-12/h2-10,12H,11H2,1H3. The first kappa shape index (κ1) is 11.8. The minimum atomic E-state index is -0.469. The quantitative estimate of drug-likeness (QED) is 0.782. The highest BCUT2D eigenvalue weighted by Gasteiger charge is 2.28. The van der Waals surface area contributed by atoms with Crippen LogP contribution in [0, 0.1) is 0 Å². The van der Waals surface area contributed by atoms with E-state index in [4.69, 9.17) is 4.74 Å². The fraction of sp³-hybridized carbons (Fsp3) is 0.188. The Morgan fingerprint density at radius 2 is 1.74 bits per heavy atom. The number of hydrogen-bond acceptors (Lipinski definition) is 2. The summed E-state index contributed by atoms with van der Waals surface area (Å²) in [6, 6.07) is 17.5. The van der Waals surface area contributed by atoms with Gasteiger partial charge in [0.25, 0.3) is 5.91 Å². The van der Waals surface area contributed by atoms with Crippen LogP contribution in [0.4, 0.5) is 5.69 Å². The number of amides is 1. The van der Waals surface area contributed by atoms with Crippen LogP contribution in [-0.4, -0.2) is 12.0 Å². The SMILES string of the molecule is CC1Oc2ccccc2CN(c2ccccc2)C1=O. The highest BCUT2D eigenvalue weighted by atomic mass is 16.5. The van der Waals surface area contributed by atoms with E-state index in [1.54, 1.807) is 11.8 Å². The molecule has 1 atom stereocenters. The summed E-state index contributed by atoms with van der Waals surface area (Å²) in [5.41, 5.74) is 1.93. The van der Waals surface area contributed by atoms with Gasteiger partial charge >= 0.3 is 0 Å². The van der Waals surface area contributed by atoms with E-state index in [0.29, 0.717) is 6.54 Å². The van der Waals surface area contributed by atoms with E-state index in [0.717, 1.165) is 17.0 Å². The van der Waals surface area contributed by atoms with Crippen LogP contribution in [0.15, 0.2) is 54.6 Å². The number of ether oxygens (including phenoxy) is 1. The third-order valence-corrected chi connectivity index (χ3v) is 3.29. The van der Waals surface area contributed by atoms with Crippen molar-refractivity contribution in [2.45, 2.75) is 19.6 Å². The number of carbonyl (C=O) groups excluding carboxylic acids is 1. The molecule has 1 unspecified atom stereocenters. The first-order valence-corrected chi connectivity index (χ1v) is 6.37. The maximum Gasteiger partial charge on any atom is 0.268 e. The Hall–Kier alpha value is -2.29. The molecule has 0 radical (unpaired) electrons. The Kier molecular flexibility index (Phi) is 2.95. The zero-order chi connectivity index (χ0) is 13.2. The predicted octanol–water partition coefficient (Wildman–Crippen LogP) is 3.00. The Balaban J connectivity index is 2.03. The smallest absolute Gasteiger partial charge is 0.268 e. The first-order chi connectivity index (χ1) is 9.25. The molecule has 1 heterocycles. The van der Waals surface area contributed by atoms with Crippen LogP contribution in [0.5, 0.6) is 5.75 Å². The molecule has 3 nitrogen and oxygen atoms in total. The molecule has 3 heteroatoms. The summed E-state index contributed by atoms with van der Waals surface area (Å²) in [5, 5.41) is 0. The minimum absolute atomic E-state index is 0.0117. The largest absolute Gasteiger partial charge is 0.481 e. The Labute approximate surface area is 112 Å². The molecule has 0 saturated heterocycles. The van der Waals surface area contributed by atoms with Gasteiger partial charge in [-0.2, -0.15) is 0 Å². The molecule has 2 aromatic carbocycles. The summed E-state index contributed by atoms with van der Waals surface area (Å²) in [4.78, 5) is 14.2. The minimum Gasteiger partial charge on any atom is -0.481 e. The van der Waals surface area contributed by atoms with E-state index < -0.39 is 6.10 Å². The van der Waals surface area contributed by atoms with Crippen LogP contribution in [0.25, 0.3) is 0 Å². The van der Waals surface area contributed by atoms with Crippen molar-refractivity contribution in [3.05, 3.63) is 60.2 Å². The van der Waals surface area contributed by atoms with E-state index in [-0.39, 0.29) is 5.91 Å². The van der Waals surface area contributed by atoms with Crippen LogP contribution in [-0.2, 0) is 11.3 Å². The molecule has 0 saturated carbocycles. The Morgan fingerprint density at radius 1 is 1.05 bits per heavy atom. The van der Waals surface area contributed by atoms with Gasteiger partial charge in [-0.15, -0.1) is 0 Å². The normalized spacial score (nSPS) is 18.5. The average Bonchev–Trinajstić information content (AvgIpc) is 2.58. The van der Waals surface area contributed by atoms with Gasteiger partial charge < -0.3 is 9.64 Å². The number of benzene rings is 2. The third-order valence-electron chi connectivity index (χ3n) is 3.29. The lowest BCUT2D eigenvalue weighted by atomic mass is 10.2. The summed E-state index contributed by atoms with van der Waals surface area (Å²) >= 11 is 0. The highest BCUT2D eigenvalue weighted by molar-refractivity contribution is 5.97. The van der Waals surface area contributed by atoms with E-state index in [1.807, 2.05) is 54.6 Å². The number of carbonyl (C=O) groups is 1. The van der Waals surface area contributed by atoms with Gasteiger partial charge in [0, 0.05) is 11.3 Å². The third kappa shape index (κ3) is 2.19. The van der Waals surface area contributed by atoms with Gasteiger partial charge in [0.15, 0.2) is 6.10 Å². The second-order valence-corrected chi connectivity index (χ2v) is 4.63. The lowest BCUT2D eigenvalue weighted by molar-refractivity contribution is -0.124. The molecular formula is C16H15NO2. The van der Waals surface area contributed by atoms with Crippen LogP contribution >= 0.6 is 0 Å². The molecule has 1 amide bonds. The summed E-state index contributed by atoms with van der Waals surface area (Å²) in [6.07, 6.45) is -0.469. The summed E-state index contributed by atoms with van der Waals surface area (Å²) < 4.78 is 5.73. The van der Waals surface area contributed by atoms with Crippen molar-refractivity contribution in [1.29, 1.82) is 0 Å². The Morgan fingerprint density at radius 3 is 2.53 bits per heavy atom. The van der Waals surface area contributed by atoms with Crippen LogP contribution < -0.4 is 9.64 Å². The molecule has 1 aliphatic rings. The molecular weight excluding hydrogens is 238 g/mol. The van der Waals surface area contributed by atoms with Gasteiger partial charge in [-0.05, 0) is 25.1 Å². The molecule has 0 bridgehead atoms. The molecule has 0 N–H and O–H groups in total. The maximum atomic E-state index is 12.4. The molecule has 96 valence electrons. The second-order valence-electron chi connectivity index (χ2n) is 4.63. The summed E-state index contributed by atoms with van der Waals surface area (Å²) in [6.45, 7) is 2.34. The fourth-order valence-electron chi connectivity index (χ4n) is 2.28.